The molecule has 0 spiro atoms. The van der Waals surface area contributed by atoms with Crippen LogP contribution in [0, 0.1) is 0 Å². The van der Waals surface area contributed by atoms with Gasteiger partial charge in [-0.3, -0.25) is 0 Å². The Labute approximate surface area is 238 Å². The van der Waals surface area contributed by atoms with E-state index in [1.54, 1.807) is 0 Å². The molecule has 0 saturated carbocycles. The van der Waals surface area contributed by atoms with E-state index in [4.69, 9.17) is 0 Å². The predicted molar refractivity (Wildman–Crippen MR) is 172 cm³/mol. The molecule has 0 aliphatic carbocycles. The van der Waals surface area contributed by atoms with Crippen LogP contribution in [0.3, 0.4) is 0 Å². The SMILES string of the molecule is c1ccc(N(c2ccccc2)c2ccc(-n3c4ccccc4c4c5c(ccc43)ccn5-c3ccccc3)cc2)cc1. The van der Waals surface area contributed by atoms with Gasteiger partial charge in [-0.2, -0.15) is 0 Å². The molecule has 6 aromatic carbocycles. The quantitative estimate of drug-likeness (QED) is 0.218. The van der Waals surface area contributed by atoms with Gasteiger partial charge in [0.1, 0.15) is 0 Å². The second-order valence-electron chi connectivity index (χ2n) is 10.3. The molecule has 0 aliphatic rings. The first-order valence-electron chi connectivity index (χ1n) is 14.0. The molecule has 0 amide bonds. The van der Waals surface area contributed by atoms with Crippen molar-refractivity contribution in [1.29, 1.82) is 0 Å². The third-order valence-electron chi connectivity index (χ3n) is 7.92. The van der Waals surface area contributed by atoms with Crippen molar-refractivity contribution in [2.24, 2.45) is 0 Å². The van der Waals surface area contributed by atoms with Crippen molar-refractivity contribution in [2.75, 3.05) is 4.90 Å². The first kappa shape index (κ1) is 23.4. The highest BCUT2D eigenvalue weighted by molar-refractivity contribution is 6.20. The predicted octanol–water partition coefficient (Wildman–Crippen LogP) is 10.2. The summed E-state index contributed by atoms with van der Waals surface area (Å²) in [6, 6.07) is 56.1. The molecule has 41 heavy (non-hydrogen) atoms. The molecular formula is C38H27N3. The van der Waals surface area contributed by atoms with Gasteiger partial charge in [-0.1, -0.05) is 78.9 Å². The largest absolute Gasteiger partial charge is 0.316 e. The molecule has 2 heterocycles. The van der Waals surface area contributed by atoms with E-state index in [9.17, 15) is 0 Å². The Balaban J connectivity index is 1.33. The van der Waals surface area contributed by atoms with Crippen LogP contribution in [0.25, 0.3) is 44.1 Å². The molecule has 0 radical (unpaired) electrons. The van der Waals surface area contributed by atoms with Gasteiger partial charge in [0.05, 0.1) is 16.6 Å². The van der Waals surface area contributed by atoms with Gasteiger partial charge in [0, 0.05) is 50.8 Å². The summed E-state index contributed by atoms with van der Waals surface area (Å²) in [5.41, 5.74) is 9.32. The highest BCUT2D eigenvalue weighted by Gasteiger charge is 2.18. The van der Waals surface area contributed by atoms with Gasteiger partial charge in [-0.15, -0.1) is 0 Å². The maximum absolute atomic E-state index is 2.39. The number of hydrogen-bond acceptors (Lipinski definition) is 1. The Hall–Kier alpha value is -5.54. The zero-order valence-electron chi connectivity index (χ0n) is 22.4. The lowest BCUT2D eigenvalue weighted by atomic mass is 10.1. The van der Waals surface area contributed by atoms with Gasteiger partial charge < -0.3 is 14.0 Å². The molecule has 8 aromatic rings. The van der Waals surface area contributed by atoms with Crippen molar-refractivity contribution in [1.82, 2.24) is 9.13 Å². The van der Waals surface area contributed by atoms with E-state index in [0.29, 0.717) is 0 Å². The average molecular weight is 526 g/mol. The zero-order chi connectivity index (χ0) is 27.2. The standard InChI is InChI=1S/C38H27N3/c1-4-12-29(13-5-1)39-27-26-28-20-25-36-37(38(28)39)34-18-10-11-19-35(34)41(36)33-23-21-32(22-24-33)40(30-14-6-2-7-15-30)31-16-8-3-9-17-31/h1-27H. The van der Waals surface area contributed by atoms with Crippen LogP contribution in [0.5, 0.6) is 0 Å². The van der Waals surface area contributed by atoms with Crippen molar-refractivity contribution in [3.8, 4) is 11.4 Å². The number of nitrogens with zero attached hydrogens (tertiary/aromatic N) is 3. The summed E-state index contributed by atoms with van der Waals surface area (Å²) in [6.07, 6.45) is 2.18. The van der Waals surface area contributed by atoms with E-state index in [1.807, 2.05) is 0 Å². The number of para-hydroxylation sites is 4. The molecule has 0 fully saturated rings. The maximum Gasteiger partial charge on any atom is 0.0628 e. The number of anilines is 3. The zero-order valence-corrected chi connectivity index (χ0v) is 22.4. The molecule has 194 valence electrons. The molecule has 2 aromatic heterocycles. The number of fused-ring (bicyclic) bond motifs is 5. The molecule has 0 unspecified atom stereocenters. The van der Waals surface area contributed by atoms with E-state index in [1.165, 1.54) is 32.7 Å². The number of benzene rings is 6. The molecule has 0 aliphatic heterocycles. The fourth-order valence-electron chi connectivity index (χ4n) is 6.12. The molecule has 0 saturated heterocycles. The van der Waals surface area contributed by atoms with E-state index >= 15 is 0 Å². The summed E-state index contributed by atoms with van der Waals surface area (Å²) in [5.74, 6) is 0. The van der Waals surface area contributed by atoms with Crippen LogP contribution in [0.15, 0.2) is 164 Å². The molecule has 0 bridgehead atoms. The smallest absolute Gasteiger partial charge is 0.0628 e. The van der Waals surface area contributed by atoms with Crippen molar-refractivity contribution in [2.45, 2.75) is 0 Å². The molecule has 3 nitrogen and oxygen atoms in total. The second-order valence-corrected chi connectivity index (χ2v) is 10.3. The molecule has 3 heteroatoms. The average Bonchev–Trinajstić information content (AvgIpc) is 3.62. The lowest BCUT2D eigenvalue weighted by Crippen LogP contribution is -2.09. The second kappa shape index (κ2) is 9.58. The molecule has 0 atom stereocenters. The van der Waals surface area contributed by atoms with Crippen LogP contribution in [0.2, 0.25) is 0 Å². The van der Waals surface area contributed by atoms with Crippen molar-refractivity contribution >= 4 is 49.8 Å². The monoisotopic (exact) mass is 525 g/mol. The first-order chi connectivity index (χ1) is 20.4. The number of aromatic nitrogens is 2. The lowest BCUT2D eigenvalue weighted by molar-refractivity contribution is 1.13. The Bertz CT molecular complexity index is 2080. The number of rotatable bonds is 5. The van der Waals surface area contributed by atoms with Crippen LogP contribution >= 0.6 is 0 Å². The van der Waals surface area contributed by atoms with Crippen LogP contribution in [-0.2, 0) is 0 Å². The third kappa shape index (κ3) is 3.82. The summed E-state index contributed by atoms with van der Waals surface area (Å²) in [4.78, 5) is 2.30. The van der Waals surface area contributed by atoms with E-state index in [-0.39, 0.29) is 0 Å². The van der Waals surface area contributed by atoms with E-state index in [0.717, 1.165) is 28.4 Å². The third-order valence-corrected chi connectivity index (χ3v) is 7.92. The van der Waals surface area contributed by atoms with Crippen LogP contribution in [-0.4, -0.2) is 9.13 Å². The fraction of sp³-hybridized carbons (Fsp3) is 0. The Morgan fingerprint density at radius 3 is 1.68 bits per heavy atom. The van der Waals surface area contributed by atoms with Gasteiger partial charge in [0.2, 0.25) is 0 Å². The van der Waals surface area contributed by atoms with Crippen LogP contribution < -0.4 is 4.90 Å². The first-order valence-corrected chi connectivity index (χ1v) is 14.0. The summed E-state index contributed by atoms with van der Waals surface area (Å²) in [5, 5.41) is 3.76. The summed E-state index contributed by atoms with van der Waals surface area (Å²) < 4.78 is 4.71. The Morgan fingerprint density at radius 2 is 1.00 bits per heavy atom. The van der Waals surface area contributed by atoms with Crippen molar-refractivity contribution in [3.05, 3.63) is 164 Å². The Morgan fingerprint density at radius 1 is 0.415 bits per heavy atom. The highest BCUT2D eigenvalue weighted by atomic mass is 15.1. The fourth-order valence-corrected chi connectivity index (χ4v) is 6.12. The van der Waals surface area contributed by atoms with Gasteiger partial charge in [-0.25, -0.2) is 0 Å². The molecule has 0 N–H and O–H groups in total. The summed E-state index contributed by atoms with van der Waals surface area (Å²) in [7, 11) is 0. The minimum absolute atomic E-state index is 1.12. The normalized spacial score (nSPS) is 11.4. The van der Waals surface area contributed by atoms with Crippen LogP contribution in [0.4, 0.5) is 17.1 Å². The van der Waals surface area contributed by atoms with Gasteiger partial charge in [0.25, 0.3) is 0 Å². The molecule has 8 rings (SSSR count). The van der Waals surface area contributed by atoms with E-state index < -0.39 is 0 Å². The van der Waals surface area contributed by atoms with Crippen molar-refractivity contribution < 1.29 is 0 Å². The van der Waals surface area contributed by atoms with Crippen molar-refractivity contribution in [3.63, 3.8) is 0 Å². The highest BCUT2D eigenvalue weighted by Crippen LogP contribution is 2.39. The van der Waals surface area contributed by atoms with Crippen LogP contribution in [0.1, 0.15) is 0 Å². The topological polar surface area (TPSA) is 13.1 Å². The maximum atomic E-state index is 2.39. The van der Waals surface area contributed by atoms with E-state index in [2.05, 4.69) is 178 Å². The lowest BCUT2D eigenvalue weighted by Gasteiger charge is -2.25. The van der Waals surface area contributed by atoms with Gasteiger partial charge >= 0.3 is 0 Å². The Kier molecular flexibility index (Phi) is 5.46. The summed E-state index contributed by atoms with van der Waals surface area (Å²) >= 11 is 0. The van der Waals surface area contributed by atoms with Gasteiger partial charge in [-0.05, 0) is 78.9 Å². The molecular weight excluding hydrogens is 498 g/mol. The summed E-state index contributed by atoms with van der Waals surface area (Å²) in [6.45, 7) is 0. The minimum Gasteiger partial charge on any atom is -0.316 e. The number of hydrogen-bond donors (Lipinski definition) is 0. The van der Waals surface area contributed by atoms with Gasteiger partial charge in [0.15, 0.2) is 0 Å². The minimum atomic E-state index is 1.12.